The lowest BCUT2D eigenvalue weighted by molar-refractivity contribution is 0.0698. The maximum atomic E-state index is 13.3. The van der Waals surface area contributed by atoms with Gasteiger partial charge in [0.25, 0.3) is 5.91 Å². The molecule has 2 aliphatic heterocycles. The van der Waals surface area contributed by atoms with Gasteiger partial charge in [0.1, 0.15) is 5.58 Å². The van der Waals surface area contributed by atoms with Crippen LogP contribution in [0, 0.1) is 6.92 Å². The molecule has 0 aliphatic carbocycles. The van der Waals surface area contributed by atoms with E-state index in [1.54, 1.807) is 0 Å². The van der Waals surface area contributed by atoms with E-state index in [-0.39, 0.29) is 11.9 Å². The lowest BCUT2D eigenvalue weighted by Gasteiger charge is -2.24. The summed E-state index contributed by atoms with van der Waals surface area (Å²) in [4.78, 5) is 24.6. The van der Waals surface area contributed by atoms with Crippen molar-refractivity contribution in [3.8, 4) is 0 Å². The summed E-state index contributed by atoms with van der Waals surface area (Å²) in [5.74, 6) is 1.13. The smallest absolute Gasteiger partial charge is 0.290 e. The summed E-state index contributed by atoms with van der Waals surface area (Å²) in [7, 11) is 0. The van der Waals surface area contributed by atoms with Crippen molar-refractivity contribution in [2.45, 2.75) is 38.8 Å². The molecular weight excluding hydrogens is 340 g/mol. The minimum absolute atomic E-state index is 0.0609. The van der Waals surface area contributed by atoms with Crippen LogP contribution in [0.4, 0.5) is 0 Å². The zero-order valence-electron chi connectivity index (χ0n) is 15.4. The monoisotopic (exact) mass is 362 g/mol. The van der Waals surface area contributed by atoms with E-state index >= 15 is 0 Å². The molecule has 5 rings (SSSR count). The van der Waals surface area contributed by atoms with Gasteiger partial charge in [0.15, 0.2) is 11.6 Å². The molecule has 0 bridgehead atoms. The van der Waals surface area contributed by atoms with Gasteiger partial charge in [-0.1, -0.05) is 18.2 Å². The van der Waals surface area contributed by atoms with E-state index < -0.39 is 0 Å². The van der Waals surface area contributed by atoms with Gasteiger partial charge in [0.2, 0.25) is 0 Å². The molecular formula is C21H22N4O2. The van der Waals surface area contributed by atoms with Crippen LogP contribution in [-0.4, -0.2) is 33.9 Å². The second-order valence-corrected chi connectivity index (χ2v) is 7.34. The highest BCUT2D eigenvalue weighted by molar-refractivity contribution is 5.99. The first-order chi connectivity index (χ1) is 13.2. The number of hydrogen-bond acceptors (Lipinski definition) is 5. The number of hydrogen-bond donors (Lipinski definition) is 1. The van der Waals surface area contributed by atoms with Crippen LogP contribution in [0.15, 0.2) is 34.9 Å². The zero-order chi connectivity index (χ0) is 18.4. The average Bonchev–Trinajstić information content (AvgIpc) is 3.33. The molecule has 1 aromatic carbocycles. The van der Waals surface area contributed by atoms with Crippen LogP contribution in [0.3, 0.4) is 0 Å². The van der Waals surface area contributed by atoms with Crippen molar-refractivity contribution in [2.75, 3.05) is 13.1 Å². The number of aromatic nitrogens is 2. The Morgan fingerprint density at radius 2 is 2.22 bits per heavy atom. The van der Waals surface area contributed by atoms with Gasteiger partial charge in [0, 0.05) is 54.5 Å². The van der Waals surface area contributed by atoms with E-state index in [0.717, 1.165) is 66.0 Å². The number of rotatable bonds is 2. The normalized spacial score (nSPS) is 19.4. The number of para-hydroxylation sites is 1. The van der Waals surface area contributed by atoms with Crippen LogP contribution < -0.4 is 5.32 Å². The van der Waals surface area contributed by atoms with E-state index in [1.807, 2.05) is 42.3 Å². The molecule has 1 saturated heterocycles. The molecule has 138 valence electrons. The van der Waals surface area contributed by atoms with Crippen LogP contribution in [0.25, 0.3) is 11.0 Å². The summed E-state index contributed by atoms with van der Waals surface area (Å²) in [6.07, 6.45) is 4.67. The number of benzene rings is 1. The Balaban J connectivity index is 1.48. The molecule has 1 fully saturated rings. The third-order valence-electron chi connectivity index (χ3n) is 5.68. The Bertz CT molecular complexity index is 1030. The summed E-state index contributed by atoms with van der Waals surface area (Å²) in [5, 5.41) is 4.33. The second-order valence-electron chi connectivity index (χ2n) is 7.34. The highest BCUT2D eigenvalue weighted by atomic mass is 16.3. The number of nitrogens with zero attached hydrogens (tertiary/aromatic N) is 3. The number of likely N-dealkylation sites (tertiary alicyclic amines) is 1. The number of amides is 1. The maximum absolute atomic E-state index is 13.3. The minimum Gasteiger partial charge on any atom is -0.451 e. The maximum Gasteiger partial charge on any atom is 0.290 e. The van der Waals surface area contributed by atoms with E-state index in [1.165, 1.54) is 0 Å². The van der Waals surface area contributed by atoms with Crippen LogP contribution in [0.2, 0.25) is 0 Å². The molecule has 0 radical (unpaired) electrons. The SMILES string of the molecule is Cc1c(C(=O)N2CCC[C@H]2c2ncc3c(n2)CCNC3)oc2ccccc12. The summed E-state index contributed by atoms with van der Waals surface area (Å²) in [6.45, 7) is 4.42. The zero-order valence-corrected chi connectivity index (χ0v) is 15.4. The fourth-order valence-corrected chi connectivity index (χ4v) is 4.20. The van der Waals surface area contributed by atoms with E-state index in [2.05, 4.69) is 10.3 Å². The Morgan fingerprint density at radius 1 is 1.33 bits per heavy atom. The van der Waals surface area contributed by atoms with Crippen molar-refractivity contribution in [3.05, 3.63) is 58.9 Å². The molecule has 2 aliphatic rings. The quantitative estimate of drug-likeness (QED) is 0.758. The van der Waals surface area contributed by atoms with Gasteiger partial charge < -0.3 is 14.6 Å². The predicted octanol–water partition coefficient (Wildman–Crippen LogP) is 3.15. The number of furan rings is 1. The molecule has 1 atom stereocenters. The van der Waals surface area contributed by atoms with E-state index in [0.29, 0.717) is 12.3 Å². The molecule has 4 heterocycles. The summed E-state index contributed by atoms with van der Waals surface area (Å²) in [6, 6.07) is 7.71. The number of aryl methyl sites for hydroxylation is 1. The third kappa shape index (κ3) is 2.72. The Labute approximate surface area is 157 Å². The van der Waals surface area contributed by atoms with Gasteiger partial charge in [-0.15, -0.1) is 0 Å². The number of carbonyl (C=O) groups is 1. The van der Waals surface area contributed by atoms with Crippen LogP contribution >= 0.6 is 0 Å². The van der Waals surface area contributed by atoms with Gasteiger partial charge >= 0.3 is 0 Å². The predicted molar refractivity (Wildman–Crippen MR) is 101 cm³/mol. The summed E-state index contributed by atoms with van der Waals surface area (Å²) in [5.41, 5.74) is 3.93. The first-order valence-electron chi connectivity index (χ1n) is 9.57. The summed E-state index contributed by atoms with van der Waals surface area (Å²) >= 11 is 0. The third-order valence-corrected chi connectivity index (χ3v) is 5.68. The van der Waals surface area contributed by atoms with Gasteiger partial charge in [-0.3, -0.25) is 4.79 Å². The van der Waals surface area contributed by atoms with Gasteiger partial charge in [-0.2, -0.15) is 0 Å². The van der Waals surface area contributed by atoms with Crippen LogP contribution in [0.5, 0.6) is 0 Å². The lowest BCUT2D eigenvalue weighted by atomic mass is 10.1. The Kier molecular flexibility index (Phi) is 3.93. The largest absolute Gasteiger partial charge is 0.451 e. The van der Waals surface area contributed by atoms with Crippen molar-refractivity contribution in [3.63, 3.8) is 0 Å². The molecule has 0 unspecified atom stereocenters. The van der Waals surface area contributed by atoms with E-state index in [4.69, 9.17) is 9.40 Å². The molecule has 0 saturated carbocycles. The molecule has 2 aromatic heterocycles. The first-order valence-corrected chi connectivity index (χ1v) is 9.57. The molecule has 0 spiro atoms. The highest BCUT2D eigenvalue weighted by Gasteiger charge is 2.35. The number of fused-ring (bicyclic) bond motifs is 2. The minimum atomic E-state index is -0.0784. The molecule has 1 N–H and O–H groups in total. The molecule has 3 aromatic rings. The van der Waals surface area contributed by atoms with Crippen molar-refractivity contribution >= 4 is 16.9 Å². The van der Waals surface area contributed by atoms with Gasteiger partial charge in [0.05, 0.1) is 6.04 Å². The lowest BCUT2D eigenvalue weighted by Crippen LogP contribution is -2.32. The molecule has 6 heteroatoms. The highest BCUT2D eigenvalue weighted by Crippen LogP contribution is 2.34. The Hall–Kier alpha value is -2.73. The molecule has 6 nitrogen and oxygen atoms in total. The molecule has 1 amide bonds. The fraction of sp³-hybridized carbons (Fsp3) is 0.381. The van der Waals surface area contributed by atoms with Crippen molar-refractivity contribution in [2.24, 2.45) is 0 Å². The standard InChI is InChI=1S/C21H22N4O2/c1-13-15-5-2-3-7-18(15)27-19(13)21(26)25-10-4-6-17(25)20-23-12-14-11-22-9-8-16(14)24-20/h2-3,5,7,12,17,22H,4,6,8-11H2,1H3/t17-/m0/s1. The number of carbonyl (C=O) groups excluding carboxylic acids is 1. The second kappa shape index (κ2) is 6.46. The fourth-order valence-electron chi connectivity index (χ4n) is 4.20. The summed E-state index contributed by atoms with van der Waals surface area (Å²) < 4.78 is 5.91. The Morgan fingerprint density at radius 3 is 3.11 bits per heavy atom. The van der Waals surface area contributed by atoms with Crippen molar-refractivity contribution in [1.82, 2.24) is 20.2 Å². The number of nitrogens with one attached hydrogen (secondary N) is 1. The first kappa shape index (κ1) is 16.4. The average molecular weight is 362 g/mol. The van der Waals surface area contributed by atoms with Gasteiger partial charge in [-0.05, 0) is 25.8 Å². The van der Waals surface area contributed by atoms with Crippen LogP contribution in [0.1, 0.15) is 52.1 Å². The topological polar surface area (TPSA) is 71.3 Å². The van der Waals surface area contributed by atoms with E-state index in [9.17, 15) is 4.79 Å². The van der Waals surface area contributed by atoms with Crippen LogP contribution in [-0.2, 0) is 13.0 Å². The van der Waals surface area contributed by atoms with Gasteiger partial charge in [-0.25, -0.2) is 9.97 Å². The molecule has 27 heavy (non-hydrogen) atoms. The van der Waals surface area contributed by atoms with Crippen molar-refractivity contribution in [1.29, 1.82) is 0 Å². The van der Waals surface area contributed by atoms with Crippen molar-refractivity contribution < 1.29 is 9.21 Å².